The molecule has 0 aromatic rings. The zero-order valence-electron chi connectivity index (χ0n) is 13.9. The summed E-state index contributed by atoms with van der Waals surface area (Å²) in [4.78, 5) is 26.3. The van der Waals surface area contributed by atoms with E-state index in [2.05, 4.69) is 6.92 Å². The van der Waals surface area contributed by atoms with Crippen molar-refractivity contribution < 1.29 is 18.9 Å². The first-order chi connectivity index (χ1) is 9.64. The highest BCUT2D eigenvalue weighted by atomic mass is 16.6. The van der Waals surface area contributed by atoms with Crippen LogP contribution in [0.2, 0.25) is 6.32 Å². The van der Waals surface area contributed by atoms with Gasteiger partial charge in [-0.2, -0.15) is 0 Å². The molecule has 21 heavy (non-hydrogen) atoms. The van der Waals surface area contributed by atoms with Gasteiger partial charge in [0, 0.05) is 6.32 Å². The predicted octanol–water partition coefficient (Wildman–Crippen LogP) is 2.42. The lowest BCUT2D eigenvalue weighted by Crippen LogP contribution is -2.64. The van der Waals surface area contributed by atoms with E-state index in [-0.39, 0.29) is 11.9 Å². The van der Waals surface area contributed by atoms with Crippen molar-refractivity contribution in [3.8, 4) is 0 Å². The third-order valence-electron chi connectivity index (χ3n) is 4.10. The average Bonchev–Trinajstić information content (AvgIpc) is 2.41. The van der Waals surface area contributed by atoms with E-state index in [0.29, 0.717) is 6.32 Å². The van der Waals surface area contributed by atoms with Gasteiger partial charge in [-0.1, -0.05) is 25.5 Å². The Morgan fingerprint density at radius 3 is 1.95 bits per heavy atom. The van der Waals surface area contributed by atoms with Crippen LogP contribution in [0.3, 0.4) is 0 Å². The minimum Gasteiger partial charge on any atom is -0.498 e. The van der Waals surface area contributed by atoms with Crippen molar-refractivity contribution in [1.82, 2.24) is 4.90 Å². The van der Waals surface area contributed by atoms with Crippen molar-refractivity contribution in [3.63, 3.8) is 0 Å². The van der Waals surface area contributed by atoms with E-state index in [4.69, 9.17) is 9.31 Å². The molecule has 1 rings (SSSR count). The number of likely N-dealkylation sites (N-methyl/N-ethyl adjacent to an activating group) is 1. The average molecular weight is 295 g/mol. The molecule has 0 aliphatic carbocycles. The van der Waals surface area contributed by atoms with Gasteiger partial charge in [0.05, 0.1) is 0 Å². The summed E-state index contributed by atoms with van der Waals surface area (Å²) >= 11 is 0. The van der Waals surface area contributed by atoms with Crippen LogP contribution in [0.15, 0.2) is 12.2 Å². The molecule has 0 saturated carbocycles. The largest absolute Gasteiger partial charge is 0.602 e. The second-order valence-corrected chi connectivity index (χ2v) is 6.41. The molecule has 0 aromatic heterocycles. The molecule has 1 heterocycles. The molecule has 1 fully saturated rings. The molecule has 1 aliphatic rings. The molecular formula is C15H26BNO4. The molecule has 0 unspecified atom stereocenters. The summed E-state index contributed by atoms with van der Waals surface area (Å²) in [6.45, 7) is 9.08. The Morgan fingerprint density at radius 2 is 1.52 bits per heavy atom. The van der Waals surface area contributed by atoms with E-state index in [1.165, 1.54) is 0 Å². The van der Waals surface area contributed by atoms with Crippen molar-refractivity contribution >= 4 is 19.1 Å². The van der Waals surface area contributed by atoms with Gasteiger partial charge in [0.15, 0.2) is 0 Å². The Morgan fingerprint density at radius 1 is 1.05 bits per heavy atom. The van der Waals surface area contributed by atoms with Crippen LogP contribution in [0.25, 0.3) is 0 Å². The number of rotatable bonds is 4. The molecule has 0 aromatic carbocycles. The third-order valence-corrected chi connectivity index (χ3v) is 4.10. The maximum atomic E-state index is 12.3. The summed E-state index contributed by atoms with van der Waals surface area (Å²) in [6, 6.07) is 0. The monoisotopic (exact) mass is 295 g/mol. The van der Waals surface area contributed by atoms with Crippen LogP contribution in [-0.4, -0.2) is 42.1 Å². The van der Waals surface area contributed by atoms with Gasteiger partial charge in [-0.3, -0.25) is 14.5 Å². The zero-order valence-corrected chi connectivity index (χ0v) is 13.9. The van der Waals surface area contributed by atoms with Crippen LogP contribution in [0.1, 0.15) is 47.5 Å². The predicted molar refractivity (Wildman–Crippen MR) is 82.7 cm³/mol. The lowest BCUT2D eigenvalue weighted by molar-refractivity contribution is -0.166. The van der Waals surface area contributed by atoms with E-state index in [0.717, 1.165) is 12.8 Å². The molecular weight excluding hydrogens is 269 g/mol. The summed E-state index contributed by atoms with van der Waals surface area (Å²) in [7, 11) is 0.870. The van der Waals surface area contributed by atoms with Crippen LogP contribution < -0.4 is 0 Å². The van der Waals surface area contributed by atoms with E-state index in [1.54, 1.807) is 39.6 Å². The fraction of sp³-hybridized carbons (Fsp3) is 0.733. The summed E-state index contributed by atoms with van der Waals surface area (Å²) in [5.74, 6) is -0.779. The van der Waals surface area contributed by atoms with Crippen molar-refractivity contribution in [2.75, 3.05) is 7.05 Å². The Bertz CT molecular complexity index is 401. The molecule has 0 amide bonds. The maximum absolute atomic E-state index is 12.3. The number of carbonyl (C=O) groups excluding carboxylic acids is 2. The Kier molecular flexibility index (Phi) is 5.62. The van der Waals surface area contributed by atoms with Crippen LogP contribution >= 0.6 is 0 Å². The number of carbonyl (C=O) groups is 2. The van der Waals surface area contributed by atoms with E-state index in [9.17, 15) is 9.59 Å². The van der Waals surface area contributed by atoms with E-state index >= 15 is 0 Å². The molecule has 0 N–H and O–H groups in total. The minimum absolute atomic E-state index is 0.382. The van der Waals surface area contributed by atoms with Gasteiger partial charge in [0.25, 0.3) is 0 Å². The van der Waals surface area contributed by atoms with Gasteiger partial charge < -0.3 is 9.31 Å². The molecule has 5 nitrogen and oxygen atoms in total. The number of allylic oxidation sites excluding steroid dienone is 2. The quantitative estimate of drug-likeness (QED) is 0.589. The van der Waals surface area contributed by atoms with Gasteiger partial charge in [0.2, 0.25) is 0 Å². The Hall–Kier alpha value is -1.30. The van der Waals surface area contributed by atoms with E-state index < -0.39 is 18.2 Å². The highest BCUT2D eigenvalue weighted by Gasteiger charge is 2.50. The normalized spacial score (nSPS) is 22.7. The Balaban J connectivity index is 2.94. The molecule has 0 bridgehead atoms. The first kappa shape index (κ1) is 17.8. The first-order valence-electron chi connectivity index (χ1n) is 7.45. The topological polar surface area (TPSA) is 55.8 Å². The molecule has 1 aliphatic heterocycles. The first-order valence-corrected chi connectivity index (χ1v) is 7.45. The van der Waals surface area contributed by atoms with E-state index in [1.807, 2.05) is 12.2 Å². The van der Waals surface area contributed by atoms with Gasteiger partial charge in [-0.15, -0.1) is 0 Å². The summed E-state index contributed by atoms with van der Waals surface area (Å²) in [5.41, 5.74) is -1.79. The molecule has 0 spiro atoms. The number of hydrogen-bond acceptors (Lipinski definition) is 5. The van der Waals surface area contributed by atoms with Crippen molar-refractivity contribution in [2.24, 2.45) is 0 Å². The number of unbranched alkanes of at least 4 members (excludes halogenated alkanes) is 1. The zero-order chi connectivity index (χ0) is 16.3. The number of hydrogen-bond donors (Lipinski definition) is 0. The standard InChI is InChI=1S/C15H26BNO4/c1-7-8-9-10-11-16-20-12(18)14(2,3)17(6)15(4,5)13(19)21-16/h9-10H,7-8,11H2,1-6H3/b10-9+. The highest BCUT2D eigenvalue weighted by Crippen LogP contribution is 2.28. The molecule has 0 radical (unpaired) electrons. The summed E-state index contributed by atoms with van der Waals surface area (Å²) in [6.07, 6.45) is 6.27. The molecule has 6 heteroatoms. The second-order valence-electron chi connectivity index (χ2n) is 6.41. The minimum atomic E-state index is -0.895. The molecule has 0 atom stereocenters. The SMILES string of the molecule is CCC/C=C/CB1OC(=O)C(C)(C)N(C)C(C)(C)C(=O)O1. The highest BCUT2D eigenvalue weighted by molar-refractivity contribution is 6.50. The van der Waals surface area contributed by atoms with Crippen molar-refractivity contribution in [3.05, 3.63) is 12.2 Å². The van der Waals surface area contributed by atoms with Gasteiger partial charge >= 0.3 is 19.1 Å². The van der Waals surface area contributed by atoms with Gasteiger partial charge in [0.1, 0.15) is 11.1 Å². The fourth-order valence-corrected chi connectivity index (χ4v) is 2.11. The molecule has 1 saturated heterocycles. The lowest BCUT2D eigenvalue weighted by atomic mass is 9.81. The third kappa shape index (κ3) is 3.87. The fourth-order valence-electron chi connectivity index (χ4n) is 2.11. The number of nitrogens with zero attached hydrogens (tertiary/aromatic N) is 1. The lowest BCUT2D eigenvalue weighted by Gasteiger charge is -2.45. The van der Waals surface area contributed by atoms with Crippen molar-refractivity contribution in [1.29, 1.82) is 0 Å². The van der Waals surface area contributed by atoms with Crippen LogP contribution in [-0.2, 0) is 18.9 Å². The van der Waals surface area contributed by atoms with Crippen LogP contribution in [0.5, 0.6) is 0 Å². The summed E-state index contributed by atoms with van der Waals surface area (Å²) < 4.78 is 10.7. The second kappa shape index (κ2) is 6.64. The summed E-state index contributed by atoms with van der Waals surface area (Å²) in [5, 5.41) is 0. The van der Waals surface area contributed by atoms with Gasteiger partial charge in [-0.25, -0.2) is 0 Å². The van der Waals surface area contributed by atoms with Crippen LogP contribution in [0, 0.1) is 0 Å². The molecule has 118 valence electrons. The van der Waals surface area contributed by atoms with Gasteiger partial charge in [-0.05, 0) is 41.2 Å². The smallest absolute Gasteiger partial charge is 0.498 e. The van der Waals surface area contributed by atoms with Crippen molar-refractivity contribution in [2.45, 2.75) is 64.9 Å². The maximum Gasteiger partial charge on any atom is 0.602 e. The Labute approximate surface area is 127 Å². The van der Waals surface area contributed by atoms with Crippen LogP contribution in [0.4, 0.5) is 0 Å².